The molecule has 1 aliphatic rings. The summed E-state index contributed by atoms with van der Waals surface area (Å²) in [5, 5.41) is 9.49. The normalized spacial score (nSPS) is 19.0. The van der Waals surface area contributed by atoms with Crippen LogP contribution >= 0.6 is 11.3 Å². The molecule has 0 aliphatic carbocycles. The number of hydrogen-bond acceptors (Lipinski definition) is 6. The summed E-state index contributed by atoms with van der Waals surface area (Å²) >= 11 is 1.72. The summed E-state index contributed by atoms with van der Waals surface area (Å²) in [4.78, 5) is 7.12. The van der Waals surface area contributed by atoms with Crippen molar-refractivity contribution in [2.24, 2.45) is 7.05 Å². The molecule has 6 nitrogen and oxygen atoms in total. The van der Waals surface area contributed by atoms with E-state index in [9.17, 15) is 0 Å². The lowest BCUT2D eigenvalue weighted by Crippen LogP contribution is -2.22. The van der Waals surface area contributed by atoms with Crippen molar-refractivity contribution in [2.45, 2.75) is 32.7 Å². The molecule has 0 spiro atoms. The van der Waals surface area contributed by atoms with Crippen molar-refractivity contribution in [2.75, 3.05) is 11.4 Å². The van der Waals surface area contributed by atoms with Gasteiger partial charge < -0.3 is 9.42 Å². The standard InChI is InChI=1S/C14H17N5OS/c1-8-7-11(20-17-8)10-5-4-6-19(10)14-15-13-12(21-14)9(2)16-18(13)3/h7,10H,4-6H2,1-3H3/t10-/m0/s1. The minimum absolute atomic E-state index is 0.250. The highest BCUT2D eigenvalue weighted by Crippen LogP contribution is 2.40. The molecule has 3 aromatic rings. The van der Waals surface area contributed by atoms with E-state index in [1.807, 2.05) is 31.6 Å². The molecule has 0 saturated carbocycles. The predicted octanol–water partition coefficient (Wildman–Crippen LogP) is 2.98. The predicted molar refractivity (Wildman–Crippen MR) is 81.7 cm³/mol. The van der Waals surface area contributed by atoms with Crippen LogP contribution in [0.15, 0.2) is 10.6 Å². The Morgan fingerprint density at radius 2 is 2.24 bits per heavy atom. The molecule has 21 heavy (non-hydrogen) atoms. The van der Waals surface area contributed by atoms with Crippen molar-refractivity contribution in [3.05, 3.63) is 23.2 Å². The summed E-state index contributed by atoms with van der Waals surface area (Å²) in [6, 6.07) is 2.28. The molecule has 7 heteroatoms. The molecule has 0 unspecified atom stereocenters. The topological polar surface area (TPSA) is 60.0 Å². The minimum atomic E-state index is 0.250. The molecule has 0 aromatic carbocycles. The monoisotopic (exact) mass is 303 g/mol. The zero-order chi connectivity index (χ0) is 14.6. The van der Waals surface area contributed by atoms with Crippen molar-refractivity contribution in [3.8, 4) is 0 Å². The molecule has 1 saturated heterocycles. The number of nitrogens with zero attached hydrogens (tertiary/aromatic N) is 5. The van der Waals surface area contributed by atoms with Crippen molar-refractivity contribution < 1.29 is 4.52 Å². The van der Waals surface area contributed by atoms with E-state index in [0.29, 0.717) is 0 Å². The number of rotatable bonds is 2. The third-order valence-electron chi connectivity index (χ3n) is 4.01. The van der Waals surface area contributed by atoms with Gasteiger partial charge in [0.2, 0.25) is 0 Å². The van der Waals surface area contributed by atoms with E-state index in [2.05, 4.69) is 15.2 Å². The van der Waals surface area contributed by atoms with Gasteiger partial charge in [-0.3, -0.25) is 0 Å². The van der Waals surface area contributed by atoms with Gasteiger partial charge >= 0.3 is 0 Å². The van der Waals surface area contributed by atoms with E-state index >= 15 is 0 Å². The first kappa shape index (κ1) is 12.8. The van der Waals surface area contributed by atoms with E-state index in [4.69, 9.17) is 9.51 Å². The van der Waals surface area contributed by atoms with Crippen LogP contribution in [0.5, 0.6) is 0 Å². The first-order valence-electron chi connectivity index (χ1n) is 7.13. The second-order valence-electron chi connectivity index (χ2n) is 5.58. The largest absolute Gasteiger partial charge is 0.359 e. The fraction of sp³-hybridized carbons (Fsp3) is 0.500. The second kappa shape index (κ2) is 4.56. The number of hydrogen-bond donors (Lipinski definition) is 0. The van der Waals surface area contributed by atoms with Gasteiger partial charge in [0.25, 0.3) is 0 Å². The lowest BCUT2D eigenvalue weighted by atomic mass is 10.1. The van der Waals surface area contributed by atoms with Gasteiger partial charge in [0.15, 0.2) is 16.5 Å². The van der Waals surface area contributed by atoms with Crippen LogP contribution < -0.4 is 4.90 Å². The van der Waals surface area contributed by atoms with Crippen LogP contribution in [-0.2, 0) is 7.05 Å². The molecule has 1 atom stereocenters. The maximum Gasteiger partial charge on any atom is 0.188 e. The Kier molecular flexibility index (Phi) is 2.78. The number of thiazole rings is 1. The van der Waals surface area contributed by atoms with Crippen molar-refractivity contribution in [3.63, 3.8) is 0 Å². The molecule has 3 aromatic heterocycles. The van der Waals surface area contributed by atoms with Crippen LogP contribution in [0.25, 0.3) is 10.3 Å². The highest BCUT2D eigenvalue weighted by Gasteiger charge is 2.31. The Morgan fingerprint density at radius 3 is 2.95 bits per heavy atom. The Balaban J connectivity index is 1.74. The third kappa shape index (κ3) is 1.95. The van der Waals surface area contributed by atoms with E-state index in [-0.39, 0.29) is 6.04 Å². The molecule has 0 N–H and O–H groups in total. The molecular weight excluding hydrogens is 286 g/mol. The summed E-state index contributed by atoms with van der Waals surface area (Å²) in [5.41, 5.74) is 2.94. The Bertz CT molecular complexity index is 767. The first-order valence-corrected chi connectivity index (χ1v) is 7.95. The molecule has 1 aliphatic heterocycles. The maximum atomic E-state index is 5.47. The first-order chi connectivity index (χ1) is 10.1. The summed E-state index contributed by atoms with van der Waals surface area (Å²) in [6.07, 6.45) is 2.24. The minimum Gasteiger partial charge on any atom is -0.359 e. The van der Waals surface area contributed by atoms with Gasteiger partial charge in [-0.05, 0) is 26.7 Å². The van der Waals surface area contributed by atoms with Gasteiger partial charge in [-0.1, -0.05) is 16.5 Å². The molecule has 1 fully saturated rings. The zero-order valence-corrected chi connectivity index (χ0v) is 13.1. The van der Waals surface area contributed by atoms with Crippen LogP contribution in [-0.4, -0.2) is 26.5 Å². The molecule has 0 bridgehead atoms. The Hall–Kier alpha value is -1.89. The molecule has 0 amide bonds. The van der Waals surface area contributed by atoms with Crippen molar-refractivity contribution in [1.82, 2.24) is 19.9 Å². The van der Waals surface area contributed by atoms with Gasteiger partial charge in [0, 0.05) is 19.7 Å². The van der Waals surface area contributed by atoms with Crippen LogP contribution in [0.4, 0.5) is 5.13 Å². The van der Waals surface area contributed by atoms with Crippen LogP contribution in [0.1, 0.15) is 36.0 Å². The number of fused-ring (bicyclic) bond motifs is 1. The van der Waals surface area contributed by atoms with Gasteiger partial charge in [-0.2, -0.15) is 5.10 Å². The van der Waals surface area contributed by atoms with Gasteiger partial charge in [-0.25, -0.2) is 9.67 Å². The quantitative estimate of drug-likeness (QED) is 0.728. The molecule has 0 radical (unpaired) electrons. The van der Waals surface area contributed by atoms with Gasteiger partial charge in [-0.15, -0.1) is 0 Å². The van der Waals surface area contributed by atoms with Gasteiger partial charge in [0.05, 0.1) is 22.1 Å². The summed E-state index contributed by atoms with van der Waals surface area (Å²) in [6.45, 7) is 5.00. The summed E-state index contributed by atoms with van der Waals surface area (Å²) in [5.74, 6) is 0.944. The number of aryl methyl sites for hydroxylation is 3. The fourth-order valence-electron chi connectivity index (χ4n) is 3.03. The number of anilines is 1. The van der Waals surface area contributed by atoms with E-state index < -0.39 is 0 Å². The molecular formula is C14H17N5OS. The average Bonchev–Trinajstić information content (AvgIpc) is 3.17. The highest BCUT2D eigenvalue weighted by molar-refractivity contribution is 7.22. The SMILES string of the molecule is Cc1cc([C@@H]2CCCN2c2nc3c(s2)c(C)nn3C)on1. The van der Waals surface area contributed by atoms with Crippen molar-refractivity contribution >= 4 is 26.8 Å². The van der Waals surface area contributed by atoms with E-state index in [0.717, 1.165) is 47.3 Å². The lowest BCUT2D eigenvalue weighted by molar-refractivity contribution is 0.358. The molecule has 4 rings (SSSR count). The van der Waals surface area contributed by atoms with E-state index in [1.54, 1.807) is 11.3 Å². The zero-order valence-electron chi connectivity index (χ0n) is 12.3. The number of aromatic nitrogens is 4. The Labute approximate surface area is 126 Å². The van der Waals surface area contributed by atoms with Gasteiger partial charge in [0.1, 0.15) is 0 Å². The summed E-state index contributed by atoms with van der Waals surface area (Å²) in [7, 11) is 1.94. The molecule has 4 heterocycles. The van der Waals surface area contributed by atoms with Crippen LogP contribution in [0.3, 0.4) is 0 Å². The molecule has 110 valence electrons. The third-order valence-corrected chi connectivity index (χ3v) is 5.20. The average molecular weight is 303 g/mol. The second-order valence-corrected chi connectivity index (χ2v) is 6.56. The smallest absolute Gasteiger partial charge is 0.188 e. The Morgan fingerprint density at radius 1 is 1.38 bits per heavy atom. The van der Waals surface area contributed by atoms with Crippen LogP contribution in [0, 0.1) is 13.8 Å². The highest BCUT2D eigenvalue weighted by atomic mass is 32.1. The van der Waals surface area contributed by atoms with Crippen molar-refractivity contribution in [1.29, 1.82) is 0 Å². The van der Waals surface area contributed by atoms with E-state index in [1.165, 1.54) is 4.70 Å². The fourth-order valence-corrected chi connectivity index (χ4v) is 4.14. The lowest BCUT2D eigenvalue weighted by Gasteiger charge is -2.21. The summed E-state index contributed by atoms with van der Waals surface area (Å²) < 4.78 is 8.50. The maximum absolute atomic E-state index is 5.47. The van der Waals surface area contributed by atoms with Crippen LogP contribution in [0.2, 0.25) is 0 Å².